The molecule has 0 saturated carbocycles. The van der Waals surface area contributed by atoms with Crippen LogP contribution in [-0.2, 0) is 7.05 Å². The molecular weight excluding hydrogens is 304 g/mol. The highest BCUT2D eigenvalue weighted by atomic mass is 16.5. The van der Waals surface area contributed by atoms with Gasteiger partial charge in [0.25, 0.3) is 11.5 Å². The number of unbranched alkanes of at least 4 members (excludes halogenated alkanes) is 1. The molecule has 0 aliphatic carbocycles. The molecular formula is C19H24N2O3. The Morgan fingerprint density at radius 1 is 1.25 bits per heavy atom. The SMILES string of the molecule is CCCC[C@H](NC(=O)c1ccn(C)c(=O)c1)c1ccc(OC)cc1. The van der Waals surface area contributed by atoms with Crippen LogP contribution in [0.25, 0.3) is 0 Å². The number of carbonyl (C=O) groups is 1. The van der Waals surface area contributed by atoms with Crippen LogP contribution in [0.4, 0.5) is 0 Å². The van der Waals surface area contributed by atoms with Gasteiger partial charge in [-0.1, -0.05) is 31.9 Å². The van der Waals surface area contributed by atoms with Gasteiger partial charge < -0.3 is 14.6 Å². The first-order valence-electron chi connectivity index (χ1n) is 8.16. The summed E-state index contributed by atoms with van der Waals surface area (Å²) in [6, 6.07) is 10.6. The van der Waals surface area contributed by atoms with Crippen LogP contribution in [0.15, 0.2) is 47.4 Å². The summed E-state index contributed by atoms with van der Waals surface area (Å²) in [5.41, 5.74) is 1.21. The van der Waals surface area contributed by atoms with Crippen molar-refractivity contribution in [1.82, 2.24) is 9.88 Å². The maximum atomic E-state index is 12.5. The van der Waals surface area contributed by atoms with E-state index in [-0.39, 0.29) is 17.5 Å². The van der Waals surface area contributed by atoms with E-state index >= 15 is 0 Å². The predicted octanol–water partition coefficient (Wildman–Crippen LogP) is 3.06. The smallest absolute Gasteiger partial charge is 0.252 e. The lowest BCUT2D eigenvalue weighted by atomic mass is 10.0. The second-order valence-electron chi connectivity index (χ2n) is 5.81. The van der Waals surface area contributed by atoms with Crippen molar-refractivity contribution in [2.45, 2.75) is 32.2 Å². The van der Waals surface area contributed by atoms with Crippen LogP contribution in [0.5, 0.6) is 5.75 Å². The second-order valence-corrected chi connectivity index (χ2v) is 5.81. The highest BCUT2D eigenvalue weighted by molar-refractivity contribution is 5.94. The third-order valence-electron chi connectivity index (χ3n) is 4.04. The highest BCUT2D eigenvalue weighted by Gasteiger charge is 2.16. The van der Waals surface area contributed by atoms with Crippen LogP contribution in [0.3, 0.4) is 0 Å². The number of ether oxygens (including phenoxy) is 1. The van der Waals surface area contributed by atoms with E-state index in [1.165, 1.54) is 10.6 Å². The molecule has 2 aromatic rings. The van der Waals surface area contributed by atoms with E-state index in [1.54, 1.807) is 26.4 Å². The Kier molecular flexibility index (Phi) is 6.18. The summed E-state index contributed by atoms with van der Waals surface area (Å²) in [5, 5.41) is 3.04. The molecule has 0 unspecified atom stereocenters. The van der Waals surface area contributed by atoms with Gasteiger partial charge in [0.2, 0.25) is 0 Å². The van der Waals surface area contributed by atoms with Gasteiger partial charge in [0.05, 0.1) is 13.2 Å². The van der Waals surface area contributed by atoms with Crippen molar-refractivity contribution < 1.29 is 9.53 Å². The molecule has 24 heavy (non-hydrogen) atoms. The van der Waals surface area contributed by atoms with Crippen molar-refractivity contribution in [2.24, 2.45) is 7.05 Å². The second kappa shape index (κ2) is 8.34. The number of amides is 1. The van der Waals surface area contributed by atoms with Gasteiger partial charge >= 0.3 is 0 Å². The van der Waals surface area contributed by atoms with E-state index in [0.29, 0.717) is 5.56 Å². The number of methoxy groups -OCH3 is 1. The van der Waals surface area contributed by atoms with Crippen molar-refractivity contribution in [3.05, 3.63) is 64.1 Å². The Balaban J connectivity index is 2.18. The lowest BCUT2D eigenvalue weighted by Gasteiger charge is -2.19. The van der Waals surface area contributed by atoms with E-state index in [4.69, 9.17) is 4.74 Å². The average molecular weight is 328 g/mol. The van der Waals surface area contributed by atoms with Crippen LogP contribution in [0, 0.1) is 0 Å². The van der Waals surface area contributed by atoms with Gasteiger partial charge in [-0.3, -0.25) is 9.59 Å². The third kappa shape index (κ3) is 4.47. The molecule has 1 atom stereocenters. The predicted molar refractivity (Wildman–Crippen MR) is 94.4 cm³/mol. The summed E-state index contributed by atoms with van der Waals surface area (Å²) in [6.45, 7) is 2.12. The fourth-order valence-corrected chi connectivity index (χ4v) is 2.50. The van der Waals surface area contributed by atoms with Crippen LogP contribution in [0.2, 0.25) is 0 Å². The molecule has 0 aliphatic rings. The van der Waals surface area contributed by atoms with E-state index in [2.05, 4.69) is 12.2 Å². The minimum atomic E-state index is -0.232. The first-order valence-corrected chi connectivity index (χ1v) is 8.16. The molecule has 0 saturated heterocycles. The number of pyridine rings is 1. The molecule has 1 amide bonds. The summed E-state index contributed by atoms with van der Waals surface area (Å²) in [4.78, 5) is 24.2. The zero-order chi connectivity index (χ0) is 17.5. The van der Waals surface area contributed by atoms with Gasteiger partial charge in [-0.2, -0.15) is 0 Å². The number of hydrogen-bond donors (Lipinski definition) is 1. The Labute approximate surface area is 142 Å². The molecule has 0 spiro atoms. The highest BCUT2D eigenvalue weighted by Crippen LogP contribution is 2.22. The van der Waals surface area contributed by atoms with Gasteiger partial charge in [0.1, 0.15) is 5.75 Å². The van der Waals surface area contributed by atoms with Gasteiger partial charge in [-0.05, 0) is 30.2 Å². The lowest BCUT2D eigenvalue weighted by Crippen LogP contribution is -2.30. The van der Waals surface area contributed by atoms with E-state index < -0.39 is 0 Å². The lowest BCUT2D eigenvalue weighted by molar-refractivity contribution is 0.0934. The van der Waals surface area contributed by atoms with E-state index in [0.717, 1.165) is 30.6 Å². The van der Waals surface area contributed by atoms with Gasteiger partial charge in [-0.25, -0.2) is 0 Å². The zero-order valence-electron chi connectivity index (χ0n) is 14.4. The Morgan fingerprint density at radius 2 is 1.96 bits per heavy atom. The van der Waals surface area contributed by atoms with E-state index in [9.17, 15) is 9.59 Å². The fourth-order valence-electron chi connectivity index (χ4n) is 2.50. The van der Waals surface area contributed by atoms with Crippen LogP contribution in [-0.4, -0.2) is 17.6 Å². The van der Waals surface area contributed by atoms with Crippen molar-refractivity contribution >= 4 is 5.91 Å². The Bertz CT molecular complexity index is 735. The minimum Gasteiger partial charge on any atom is -0.497 e. The summed E-state index contributed by atoms with van der Waals surface area (Å²) in [6.07, 6.45) is 4.51. The van der Waals surface area contributed by atoms with Crippen molar-refractivity contribution in [1.29, 1.82) is 0 Å². The van der Waals surface area contributed by atoms with Crippen LogP contribution in [0.1, 0.15) is 48.1 Å². The quantitative estimate of drug-likeness (QED) is 0.850. The first kappa shape index (κ1) is 17.8. The number of rotatable bonds is 7. The molecule has 0 bridgehead atoms. The molecule has 1 aromatic heterocycles. The molecule has 5 nitrogen and oxygen atoms in total. The fraction of sp³-hybridized carbons (Fsp3) is 0.368. The topological polar surface area (TPSA) is 60.3 Å². The molecule has 0 radical (unpaired) electrons. The summed E-state index contributed by atoms with van der Waals surface area (Å²) >= 11 is 0. The standard InChI is InChI=1S/C19H24N2O3/c1-4-5-6-17(14-7-9-16(24-3)10-8-14)20-19(23)15-11-12-21(2)18(22)13-15/h7-13,17H,4-6H2,1-3H3,(H,20,23)/t17-/m0/s1. The maximum absolute atomic E-state index is 12.5. The van der Waals surface area contributed by atoms with Gasteiger partial charge in [0.15, 0.2) is 0 Å². The number of nitrogens with one attached hydrogen (secondary N) is 1. The van der Waals surface area contributed by atoms with Crippen LogP contribution >= 0.6 is 0 Å². The minimum absolute atomic E-state index is 0.0904. The third-order valence-corrected chi connectivity index (χ3v) is 4.04. The molecule has 128 valence electrons. The first-order chi connectivity index (χ1) is 11.5. The molecule has 1 heterocycles. The Morgan fingerprint density at radius 3 is 2.54 bits per heavy atom. The van der Waals surface area contributed by atoms with E-state index in [1.807, 2.05) is 24.3 Å². The molecule has 2 rings (SSSR count). The van der Waals surface area contributed by atoms with Gasteiger partial charge in [-0.15, -0.1) is 0 Å². The average Bonchev–Trinajstić information content (AvgIpc) is 2.60. The number of aryl methyl sites for hydroxylation is 1. The number of benzene rings is 1. The summed E-state index contributed by atoms with van der Waals surface area (Å²) in [7, 11) is 3.28. The number of hydrogen-bond acceptors (Lipinski definition) is 3. The summed E-state index contributed by atoms with van der Waals surface area (Å²) < 4.78 is 6.62. The number of aromatic nitrogens is 1. The maximum Gasteiger partial charge on any atom is 0.252 e. The van der Waals surface area contributed by atoms with Crippen LogP contribution < -0.4 is 15.6 Å². The number of carbonyl (C=O) groups excluding carboxylic acids is 1. The monoisotopic (exact) mass is 328 g/mol. The molecule has 0 fully saturated rings. The van der Waals surface area contributed by atoms with Crippen molar-refractivity contribution in [3.63, 3.8) is 0 Å². The number of nitrogens with zero attached hydrogens (tertiary/aromatic N) is 1. The zero-order valence-corrected chi connectivity index (χ0v) is 14.4. The molecule has 1 N–H and O–H groups in total. The molecule has 0 aliphatic heterocycles. The van der Waals surface area contributed by atoms with Crippen molar-refractivity contribution in [3.8, 4) is 5.75 Å². The molecule has 5 heteroatoms. The summed E-state index contributed by atoms with van der Waals surface area (Å²) in [5.74, 6) is 0.551. The normalized spacial score (nSPS) is 11.8. The largest absolute Gasteiger partial charge is 0.497 e. The Hall–Kier alpha value is -2.56. The molecule has 1 aromatic carbocycles. The van der Waals surface area contributed by atoms with Crippen molar-refractivity contribution in [2.75, 3.05) is 7.11 Å². The van der Waals surface area contributed by atoms with Gasteiger partial charge in [0, 0.05) is 24.9 Å².